The molecule has 1 aromatic rings. The maximum absolute atomic E-state index is 11.7. The zero-order valence-electron chi connectivity index (χ0n) is 10.9. The second kappa shape index (κ2) is 5.87. The molecule has 0 atom stereocenters. The standard InChI is InChI=1S/C13H22N2O2/c1-10-5-6-11(17-10)12(16)15-9-13(2,3)7-4-8-14/h5-6H,4,7-9,14H2,1-3H3,(H,15,16). The first kappa shape index (κ1) is 13.8. The Kier molecular flexibility index (Phi) is 4.75. The average Bonchev–Trinajstić information content (AvgIpc) is 2.70. The van der Waals surface area contributed by atoms with Crippen LogP contribution in [-0.4, -0.2) is 19.0 Å². The first-order valence-corrected chi connectivity index (χ1v) is 5.99. The summed E-state index contributed by atoms with van der Waals surface area (Å²) in [6.45, 7) is 7.38. The van der Waals surface area contributed by atoms with Crippen LogP contribution in [0.4, 0.5) is 0 Å². The summed E-state index contributed by atoms with van der Waals surface area (Å²) in [6, 6.07) is 3.48. The molecular weight excluding hydrogens is 216 g/mol. The summed E-state index contributed by atoms with van der Waals surface area (Å²) < 4.78 is 5.26. The van der Waals surface area contributed by atoms with Gasteiger partial charge >= 0.3 is 0 Å². The van der Waals surface area contributed by atoms with E-state index in [1.54, 1.807) is 12.1 Å². The molecule has 0 aromatic carbocycles. The quantitative estimate of drug-likeness (QED) is 0.797. The van der Waals surface area contributed by atoms with Crippen molar-refractivity contribution in [2.75, 3.05) is 13.1 Å². The van der Waals surface area contributed by atoms with E-state index in [1.807, 2.05) is 6.92 Å². The van der Waals surface area contributed by atoms with Crippen LogP contribution in [0.25, 0.3) is 0 Å². The summed E-state index contributed by atoms with van der Waals surface area (Å²) in [7, 11) is 0. The van der Waals surface area contributed by atoms with Gasteiger partial charge in [0.05, 0.1) is 0 Å². The number of amides is 1. The van der Waals surface area contributed by atoms with Crippen LogP contribution < -0.4 is 11.1 Å². The van der Waals surface area contributed by atoms with Gasteiger partial charge in [-0.1, -0.05) is 13.8 Å². The van der Waals surface area contributed by atoms with Gasteiger partial charge in [0.2, 0.25) is 0 Å². The molecule has 96 valence electrons. The largest absolute Gasteiger partial charge is 0.456 e. The number of carbonyl (C=O) groups is 1. The van der Waals surface area contributed by atoms with Gasteiger partial charge in [-0.05, 0) is 43.9 Å². The molecule has 1 heterocycles. The number of aryl methyl sites for hydroxylation is 1. The molecule has 1 amide bonds. The van der Waals surface area contributed by atoms with Gasteiger partial charge in [0.1, 0.15) is 5.76 Å². The van der Waals surface area contributed by atoms with Crippen molar-refractivity contribution in [2.45, 2.75) is 33.6 Å². The Morgan fingerprint density at radius 3 is 2.71 bits per heavy atom. The Hall–Kier alpha value is -1.29. The molecule has 0 aliphatic heterocycles. The lowest BCUT2D eigenvalue weighted by molar-refractivity contribution is 0.0905. The fraction of sp³-hybridized carbons (Fsp3) is 0.615. The normalized spacial score (nSPS) is 11.5. The van der Waals surface area contributed by atoms with Crippen LogP contribution in [0.2, 0.25) is 0 Å². The molecule has 17 heavy (non-hydrogen) atoms. The number of rotatable bonds is 6. The second-order valence-corrected chi connectivity index (χ2v) is 5.15. The molecule has 1 aromatic heterocycles. The van der Waals surface area contributed by atoms with E-state index in [-0.39, 0.29) is 11.3 Å². The SMILES string of the molecule is Cc1ccc(C(=O)NCC(C)(C)CCCN)o1. The van der Waals surface area contributed by atoms with Crippen molar-refractivity contribution in [3.05, 3.63) is 23.7 Å². The third-order valence-electron chi connectivity index (χ3n) is 2.75. The predicted molar refractivity (Wildman–Crippen MR) is 67.8 cm³/mol. The minimum Gasteiger partial charge on any atom is -0.456 e. The molecule has 1 rings (SSSR count). The summed E-state index contributed by atoms with van der Waals surface area (Å²) in [5.74, 6) is 0.966. The number of furan rings is 1. The molecule has 0 saturated heterocycles. The zero-order valence-corrected chi connectivity index (χ0v) is 10.9. The van der Waals surface area contributed by atoms with E-state index in [0.29, 0.717) is 18.8 Å². The van der Waals surface area contributed by atoms with E-state index in [0.717, 1.165) is 18.6 Å². The Morgan fingerprint density at radius 2 is 2.18 bits per heavy atom. The molecule has 0 aliphatic rings. The van der Waals surface area contributed by atoms with Gasteiger partial charge in [-0.15, -0.1) is 0 Å². The Balaban J connectivity index is 2.42. The van der Waals surface area contributed by atoms with E-state index in [2.05, 4.69) is 19.2 Å². The lowest BCUT2D eigenvalue weighted by Gasteiger charge is -2.24. The molecule has 0 aliphatic carbocycles. The van der Waals surface area contributed by atoms with Gasteiger partial charge in [0.15, 0.2) is 5.76 Å². The third-order valence-corrected chi connectivity index (χ3v) is 2.75. The third kappa shape index (κ3) is 4.61. The second-order valence-electron chi connectivity index (χ2n) is 5.15. The van der Waals surface area contributed by atoms with Crippen molar-refractivity contribution in [3.8, 4) is 0 Å². The Bertz CT molecular complexity index is 369. The fourth-order valence-corrected chi connectivity index (χ4v) is 1.63. The molecule has 0 fully saturated rings. The monoisotopic (exact) mass is 238 g/mol. The van der Waals surface area contributed by atoms with Crippen LogP contribution >= 0.6 is 0 Å². The highest BCUT2D eigenvalue weighted by Crippen LogP contribution is 2.20. The summed E-state index contributed by atoms with van der Waals surface area (Å²) in [6.07, 6.45) is 1.98. The van der Waals surface area contributed by atoms with Gasteiger partial charge in [0.25, 0.3) is 5.91 Å². The van der Waals surface area contributed by atoms with Crippen molar-refractivity contribution < 1.29 is 9.21 Å². The maximum atomic E-state index is 11.7. The summed E-state index contributed by atoms with van der Waals surface area (Å²) in [5, 5.41) is 2.89. The number of hydrogen-bond acceptors (Lipinski definition) is 3. The van der Waals surface area contributed by atoms with Gasteiger partial charge < -0.3 is 15.5 Å². The number of nitrogens with one attached hydrogen (secondary N) is 1. The summed E-state index contributed by atoms with van der Waals surface area (Å²) >= 11 is 0. The fourth-order valence-electron chi connectivity index (χ4n) is 1.63. The molecule has 0 saturated carbocycles. The molecule has 4 heteroatoms. The van der Waals surface area contributed by atoms with E-state index in [9.17, 15) is 4.79 Å². The van der Waals surface area contributed by atoms with Crippen molar-refractivity contribution in [1.29, 1.82) is 0 Å². The molecular formula is C13H22N2O2. The topological polar surface area (TPSA) is 68.3 Å². The van der Waals surface area contributed by atoms with E-state index in [1.165, 1.54) is 0 Å². The van der Waals surface area contributed by atoms with Gasteiger partial charge in [-0.2, -0.15) is 0 Å². The van der Waals surface area contributed by atoms with E-state index in [4.69, 9.17) is 10.2 Å². The van der Waals surface area contributed by atoms with Crippen LogP contribution in [0, 0.1) is 12.3 Å². The van der Waals surface area contributed by atoms with E-state index < -0.39 is 0 Å². The summed E-state index contributed by atoms with van der Waals surface area (Å²) in [5.41, 5.74) is 5.55. The predicted octanol–water partition coefficient (Wildman–Crippen LogP) is 2.08. The first-order valence-electron chi connectivity index (χ1n) is 5.99. The highest BCUT2D eigenvalue weighted by atomic mass is 16.3. The highest BCUT2D eigenvalue weighted by molar-refractivity contribution is 5.91. The smallest absolute Gasteiger partial charge is 0.287 e. The average molecular weight is 238 g/mol. The lowest BCUT2D eigenvalue weighted by Crippen LogP contribution is -2.34. The van der Waals surface area contributed by atoms with Crippen LogP contribution in [0.3, 0.4) is 0 Å². The molecule has 0 radical (unpaired) electrons. The van der Waals surface area contributed by atoms with Crippen LogP contribution in [0.5, 0.6) is 0 Å². The van der Waals surface area contributed by atoms with Gasteiger partial charge in [-0.3, -0.25) is 4.79 Å². The van der Waals surface area contributed by atoms with Gasteiger partial charge in [-0.25, -0.2) is 0 Å². The van der Waals surface area contributed by atoms with Crippen LogP contribution in [0.1, 0.15) is 43.0 Å². The van der Waals surface area contributed by atoms with Crippen molar-refractivity contribution in [1.82, 2.24) is 5.32 Å². The molecule has 4 nitrogen and oxygen atoms in total. The molecule has 0 bridgehead atoms. The van der Waals surface area contributed by atoms with E-state index >= 15 is 0 Å². The molecule has 3 N–H and O–H groups in total. The van der Waals surface area contributed by atoms with Crippen molar-refractivity contribution in [3.63, 3.8) is 0 Å². The minimum atomic E-state index is -0.154. The van der Waals surface area contributed by atoms with Crippen molar-refractivity contribution in [2.24, 2.45) is 11.1 Å². The molecule has 0 unspecified atom stereocenters. The van der Waals surface area contributed by atoms with Crippen LogP contribution in [-0.2, 0) is 0 Å². The van der Waals surface area contributed by atoms with Crippen LogP contribution in [0.15, 0.2) is 16.5 Å². The highest BCUT2D eigenvalue weighted by Gasteiger charge is 2.19. The number of nitrogens with two attached hydrogens (primary N) is 1. The summed E-state index contributed by atoms with van der Waals surface area (Å²) in [4.78, 5) is 11.7. The number of carbonyl (C=O) groups excluding carboxylic acids is 1. The Morgan fingerprint density at radius 1 is 1.47 bits per heavy atom. The maximum Gasteiger partial charge on any atom is 0.287 e. The first-order chi connectivity index (χ1) is 7.94. The van der Waals surface area contributed by atoms with Crippen molar-refractivity contribution >= 4 is 5.91 Å². The molecule has 0 spiro atoms. The lowest BCUT2D eigenvalue weighted by atomic mass is 9.88. The number of hydrogen-bond donors (Lipinski definition) is 2. The van der Waals surface area contributed by atoms with Gasteiger partial charge in [0, 0.05) is 6.54 Å². The minimum absolute atomic E-state index is 0.0661. The zero-order chi connectivity index (χ0) is 12.9. The Labute approximate surface area is 103 Å².